The fourth-order valence-electron chi connectivity index (χ4n) is 3.14. The van der Waals surface area contributed by atoms with Crippen molar-refractivity contribution in [3.63, 3.8) is 0 Å². The molecular weight excluding hydrogens is 334 g/mol. The van der Waals surface area contributed by atoms with Crippen LogP contribution < -0.4 is 10.6 Å². The molecular formula is C23H21N3O. The number of para-hydroxylation sites is 3. The molecule has 4 aromatic rings. The van der Waals surface area contributed by atoms with Crippen molar-refractivity contribution in [3.8, 4) is 0 Å². The minimum Gasteiger partial charge on any atom is -0.358 e. The summed E-state index contributed by atoms with van der Waals surface area (Å²) < 4.78 is 0. The smallest absolute Gasteiger partial charge is 0.253 e. The van der Waals surface area contributed by atoms with Crippen molar-refractivity contribution < 1.29 is 4.79 Å². The first-order chi connectivity index (χ1) is 13.3. The molecule has 0 aliphatic heterocycles. The molecule has 134 valence electrons. The van der Waals surface area contributed by atoms with Crippen molar-refractivity contribution in [2.45, 2.75) is 6.42 Å². The summed E-state index contributed by atoms with van der Waals surface area (Å²) in [7, 11) is 0. The van der Waals surface area contributed by atoms with Crippen LogP contribution in [0.3, 0.4) is 0 Å². The standard InChI is InChI=1S/C23H21N3O/c27-23(24-15-14-19-16-17-8-4-6-12-21(17)26-19)20-11-5-7-13-22(20)25-18-9-2-1-3-10-18/h1-13,16,25-26H,14-15H2,(H,24,27). The van der Waals surface area contributed by atoms with E-state index in [2.05, 4.69) is 33.8 Å². The molecule has 27 heavy (non-hydrogen) atoms. The fraction of sp³-hybridized carbons (Fsp3) is 0.0870. The topological polar surface area (TPSA) is 56.9 Å². The Labute approximate surface area is 158 Å². The van der Waals surface area contributed by atoms with Crippen LogP contribution in [-0.4, -0.2) is 17.4 Å². The average Bonchev–Trinajstić information content (AvgIpc) is 3.12. The summed E-state index contributed by atoms with van der Waals surface area (Å²) in [6.07, 6.45) is 0.759. The molecule has 0 bridgehead atoms. The molecule has 4 heteroatoms. The molecule has 4 nitrogen and oxygen atoms in total. The van der Waals surface area contributed by atoms with Gasteiger partial charge >= 0.3 is 0 Å². The van der Waals surface area contributed by atoms with E-state index in [1.54, 1.807) is 0 Å². The van der Waals surface area contributed by atoms with Crippen LogP contribution in [0.25, 0.3) is 10.9 Å². The number of aromatic nitrogens is 1. The van der Waals surface area contributed by atoms with Crippen LogP contribution in [0.1, 0.15) is 16.1 Å². The zero-order valence-corrected chi connectivity index (χ0v) is 14.9. The Bertz CT molecular complexity index is 1020. The summed E-state index contributed by atoms with van der Waals surface area (Å²) in [5, 5.41) is 7.52. The van der Waals surface area contributed by atoms with Crippen LogP contribution in [-0.2, 0) is 6.42 Å². The summed E-state index contributed by atoms with van der Waals surface area (Å²) in [6, 6.07) is 27.7. The lowest BCUT2D eigenvalue weighted by atomic mass is 10.1. The molecule has 0 saturated carbocycles. The van der Waals surface area contributed by atoms with Gasteiger partial charge in [0.25, 0.3) is 5.91 Å². The van der Waals surface area contributed by atoms with Gasteiger partial charge in [0.05, 0.1) is 11.3 Å². The number of hydrogen-bond donors (Lipinski definition) is 3. The van der Waals surface area contributed by atoms with E-state index in [-0.39, 0.29) is 5.91 Å². The third kappa shape index (κ3) is 4.01. The van der Waals surface area contributed by atoms with Gasteiger partial charge in [0.2, 0.25) is 0 Å². The van der Waals surface area contributed by atoms with E-state index < -0.39 is 0 Å². The number of hydrogen-bond acceptors (Lipinski definition) is 2. The first-order valence-electron chi connectivity index (χ1n) is 9.05. The van der Waals surface area contributed by atoms with Crippen molar-refractivity contribution in [1.82, 2.24) is 10.3 Å². The molecule has 0 aliphatic carbocycles. The summed E-state index contributed by atoms with van der Waals surface area (Å²) >= 11 is 0. The van der Waals surface area contributed by atoms with Gasteiger partial charge in [-0.1, -0.05) is 48.5 Å². The second-order valence-electron chi connectivity index (χ2n) is 6.42. The molecule has 1 heterocycles. The number of aromatic amines is 1. The van der Waals surface area contributed by atoms with E-state index in [1.165, 1.54) is 5.39 Å². The molecule has 0 atom stereocenters. The van der Waals surface area contributed by atoms with Gasteiger partial charge in [-0.2, -0.15) is 0 Å². The van der Waals surface area contributed by atoms with Crippen LogP contribution in [0.2, 0.25) is 0 Å². The lowest BCUT2D eigenvalue weighted by Gasteiger charge is -2.12. The molecule has 0 aliphatic rings. The van der Waals surface area contributed by atoms with E-state index >= 15 is 0 Å². The quantitative estimate of drug-likeness (QED) is 0.461. The lowest BCUT2D eigenvalue weighted by Crippen LogP contribution is -2.26. The molecule has 4 rings (SSSR count). The average molecular weight is 355 g/mol. The minimum atomic E-state index is -0.0786. The van der Waals surface area contributed by atoms with Gasteiger partial charge in [0.1, 0.15) is 0 Å². The van der Waals surface area contributed by atoms with Gasteiger partial charge in [-0.3, -0.25) is 4.79 Å². The highest BCUT2D eigenvalue weighted by Crippen LogP contribution is 2.20. The summed E-state index contributed by atoms with van der Waals surface area (Å²) in [5.41, 5.74) is 4.63. The highest BCUT2D eigenvalue weighted by atomic mass is 16.1. The second-order valence-corrected chi connectivity index (χ2v) is 6.42. The highest BCUT2D eigenvalue weighted by molar-refractivity contribution is 6.00. The second kappa shape index (κ2) is 7.79. The van der Waals surface area contributed by atoms with E-state index in [0.29, 0.717) is 12.1 Å². The molecule has 3 aromatic carbocycles. The summed E-state index contributed by atoms with van der Waals surface area (Å²) in [6.45, 7) is 0.575. The zero-order chi connectivity index (χ0) is 18.5. The summed E-state index contributed by atoms with van der Waals surface area (Å²) in [4.78, 5) is 16.0. The number of fused-ring (bicyclic) bond motifs is 1. The van der Waals surface area contributed by atoms with E-state index in [1.807, 2.05) is 66.7 Å². The maximum absolute atomic E-state index is 12.7. The number of benzene rings is 3. The number of rotatable bonds is 6. The Morgan fingerprint density at radius 3 is 2.44 bits per heavy atom. The molecule has 3 N–H and O–H groups in total. The molecule has 0 saturated heterocycles. The van der Waals surface area contributed by atoms with Crippen molar-refractivity contribution >= 4 is 28.2 Å². The lowest BCUT2D eigenvalue weighted by molar-refractivity contribution is 0.0955. The molecule has 1 aromatic heterocycles. The first-order valence-corrected chi connectivity index (χ1v) is 9.05. The van der Waals surface area contributed by atoms with Crippen LogP contribution in [0.4, 0.5) is 11.4 Å². The molecule has 0 spiro atoms. The third-order valence-corrected chi connectivity index (χ3v) is 4.49. The number of nitrogens with one attached hydrogen (secondary N) is 3. The van der Waals surface area contributed by atoms with Crippen molar-refractivity contribution in [3.05, 3.63) is 96.2 Å². The zero-order valence-electron chi connectivity index (χ0n) is 14.9. The Hall–Kier alpha value is -3.53. The molecule has 0 fully saturated rings. The fourth-order valence-corrected chi connectivity index (χ4v) is 3.14. The first kappa shape index (κ1) is 16.9. The number of anilines is 2. The molecule has 1 amide bonds. The minimum absolute atomic E-state index is 0.0786. The van der Waals surface area contributed by atoms with E-state index in [4.69, 9.17) is 0 Å². The van der Waals surface area contributed by atoms with Gasteiger partial charge in [0.15, 0.2) is 0 Å². The van der Waals surface area contributed by atoms with E-state index in [0.717, 1.165) is 29.0 Å². The van der Waals surface area contributed by atoms with Crippen molar-refractivity contribution in [2.24, 2.45) is 0 Å². The Morgan fingerprint density at radius 1 is 0.852 bits per heavy atom. The SMILES string of the molecule is O=C(NCCc1cc2ccccc2[nH]1)c1ccccc1Nc1ccccc1. The number of amides is 1. The number of carbonyl (C=O) groups is 1. The maximum Gasteiger partial charge on any atom is 0.253 e. The molecule has 0 unspecified atom stereocenters. The Morgan fingerprint density at radius 2 is 1.59 bits per heavy atom. The largest absolute Gasteiger partial charge is 0.358 e. The van der Waals surface area contributed by atoms with E-state index in [9.17, 15) is 4.79 Å². The predicted octanol–water partition coefficient (Wildman–Crippen LogP) is 4.88. The monoisotopic (exact) mass is 355 g/mol. The van der Waals surface area contributed by atoms with Crippen LogP contribution in [0.5, 0.6) is 0 Å². The van der Waals surface area contributed by atoms with Crippen LogP contribution in [0.15, 0.2) is 84.9 Å². The highest BCUT2D eigenvalue weighted by Gasteiger charge is 2.11. The van der Waals surface area contributed by atoms with Gasteiger partial charge < -0.3 is 15.6 Å². The van der Waals surface area contributed by atoms with Gasteiger partial charge in [-0.05, 0) is 41.8 Å². The van der Waals surface area contributed by atoms with Crippen molar-refractivity contribution in [1.29, 1.82) is 0 Å². The van der Waals surface area contributed by atoms with Gasteiger partial charge in [0, 0.05) is 29.9 Å². The van der Waals surface area contributed by atoms with Gasteiger partial charge in [-0.15, -0.1) is 0 Å². The summed E-state index contributed by atoms with van der Waals surface area (Å²) in [5.74, 6) is -0.0786. The van der Waals surface area contributed by atoms with Gasteiger partial charge in [-0.25, -0.2) is 0 Å². The Balaban J connectivity index is 1.41. The normalized spacial score (nSPS) is 10.7. The van der Waals surface area contributed by atoms with Crippen LogP contribution in [0, 0.1) is 0 Å². The third-order valence-electron chi connectivity index (χ3n) is 4.49. The Kier molecular flexibility index (Phi) is 4.88. The predicted molar refractivity (Wildman–Crippen MR) is 111 cm³/mol. The number of H-pyrrole nitrogens is 1. The maximum atomic E-state index is 12.7. The van der Waals surface area contributed by atoms with Crippen LogP contribution >= 0.6 is 0 Å². The van der Waals surface area contributed by atoms with Crippen molar-refractivity contribution in [2.75, 3.05) is 11.9 Å². The number of carbonyl (C=O) groups excluding carboxylic acids is 1. The molecule has 0 radical (unpaired) electrons.